The molecule has 1 nitrogen and oxygen atoms in total. The maximum absolute atomic E-state index is 10.1. The first-order valence-electron chi connectivity index (χ1n) is 10.4. The number of fused-ring (bicyclic) bond motifs is 5. The van der Waals surface area contributed by atoms with Crippen molar-refractivity contribution in [3.05, 3.63) is 24.3 Å². The molecule has 0 radical (unpaired) electrons. The molecule has 4 aliphatic carbocycles. The van der Waals surface area contributed by atoms with Crippen LogP contribution in [0.2, 0.25) is 0 Å². The second-order valence-electron chi connectivity index (χ2n) is 9.95. The summed E-state index contributed by atoms with van der Waals surface area (Å²) in [5.41, 5.74) is 2.52. The van der Waals surface area contributed by atoms with Gasteiger partial charge in [-0.25, -0.2) is 0 Å². The van der Waals surface area contributed by atoms with Gasteiger partial charge < -0.3 is 5.11 Å². The molecule has 134 valence electrons. The third-order valence-electron chi connectivity index (χ3n) is 9.17. The van der Waals surface area contributed by atoms with Crippen molar-refractivity contribution in [2.24, 2.45) is 40.4 Å². The number of aliphatic hydroxyl groups excluding tert-OH is 1. The van der Waals surface area contributed by atoms with Crippen molar-refractivity contribution >= 4 is 0 Å². The molecule has 0 aromatic rings. The standard InChI is InChI=1S/C23H36O/c1-5-15(2)19-8-9-20-18-7-6-16-14-17(24)10-12-22(16,3)21(18)11-13-23(19,20)4/h5,14-15,17-21,24H,1,6-13H2,2-4H3/t15-,17+,18?,19-,20?,21?,22?,23?/m1/s1. The SMILES string of the molecule is C=C[C@@H](C)[C@H]1CCC2C3CCC4=C[C@@H](O)CCC4(C)C3CCC21C. The van der Waals surface area contributed by atoms with Crippen LogP contribution in [0.25, 0.3) is 0 Å². The highest BCUT2D eigenvalue weighted by atomic mass is 16.3. The fourth-order valence-corrected chi connectivity index (χ4v) is 7.78. The Morgan fingerprint density at radius 2 is 1.92 bits per heavy atom. The van der Waals surface area contributed by atoms with Gasteiger partial charge in [0.1, 0.15) is 0 Å². The van der Waals surface area contributed by atoms with Crippen LogP contribution in [0.4, 0.5) is 0 Å². The van der Waals surface area contributed by atoms with E-state index < -0.39 is 0 Å². The number of rotatable bonds is 2. The van der Waals surface area contributed by atoms with Crippen LogP contribution in [0, 0.1) is 40.4 Å². The van der Waals surface area contributed by atoms with Gasteiger partial charge in [0.05, 0.1) is 6.10 Å². The normalized spacial score (nSPS) is 51.8. The molecule has 24 heavy (non-hydrogen) atoms. The molecule has 0 aliphatic heterocycles. The van der Waals surface area contributed by atoms with E-state index in [2.05, 4.69) is 39.5 Å². The molecule has 4 aliphatic rings. The molecular formula is C23H36O. The lowest BCUT2D eigenvalue weighted by Crippen LogP contribution is -2.51. The van der Waals surface area contributed by atoms with E-state index in [1.165, 1.54) is 44.9 Å². The van der Waals surface area contributed by atoms with Gasteiger partial charge in [0.25, 0.3) is 0 Å². The van der Waals surface area contributed by atoms with Crippen LogP contribution in [0.1, 0.15) is 72.1 Å². The topological polar surface area (TPSA) is 20.2 Å². The molecule has 4 rings (SSSR count). The van der Waals surface area contributed by atoms with E-state index in [1.54, 1.807) is 5.57 Å². The van der Waals surface area contributed by atoms with E-state index in [4.69, 9.17) is 0 Å². The van der Waals surface area contributed by atoms with Gasteiger partial charge in [0.15, 0.2) is 0 Å². The van der Waals surface area contributed by atoms with Crippen molar-refractivity contribution in [1.29, 1.82) is 0 Å². The molecule has 3 fully saturated rings. The van der Waals surface area contributed by atoms with E-state index >= 15 is 0 Å². The minimum Gasteiger partial charge on any atom is -0.389 e. The third kappa shape index (κ3) is 2.23. The van der Waals surface area contributed by atoms with Gasteiger partial charge >= 0.3 is 0 Å². The minimum atomic E-state index is -0.178. The summed E-state index contributed by atoms with van der Waals surface area (Å²) < 4.78 is 0. The first-order chi connectivity index (χ1) is 11.4. The fraction of sp³-hybridized carbons (Fsp3) is 0.826. The molecule has 0 aromatic heterocycles. The van der Waals surface area contributed by atoms with Crippen LogP contribution in [-0.4, -0.2) is 11.2 Å². The van der Waals surface area contributed by atoms with Crippen LogP contribution < -0.4 is 0 Å². The molecule has 0 bridgehead atoms. The summed E-state index contributed by atoms with van der Waals surface area (Å²) in [7, 11) is 0. The zero-order chi connectivity index (χ0) is 17.1. The molecular weight excluding hydrogens is 292 g/mol. The maximum Gasteiger partial charge on any atom is 0.0724 e. The lowest BCUT2D eigenvalue weighted by molar-refractivity contribution is -0.0594. The summed E-state index contributed by atoms with van der Waals surface area (Å²) in [6, 6.07) is 0. The number of allylic oxidation sites excluding steroid dienone is 2. The molecule has 8 atom stereocenters. The summed E-state index contributed by atoms with van der Waals surface area (Å²) in [6.07, 6.45) is 14.7. The molecule has 0 spiro atoms. The fourth-order valence-electron chi connectivity index (χ4n) is 7.78. The van der Waals surface area contributed by atoms with Crippen LogP contribution in [0.15, 0.2) is 24.3 Å². The predicted octanol–water partition coefficient (Wildman–Crippen LogP) is 5.75. The average Bonchev–Trinajstić information content (AvgIpc) is 2.92. The Kier molecular flexibility index (Phi) is 4.03. The van der Waals surface area contributed by atoms with Crippen molar-refractivity contribution in [1.82, 2.24) is 0 Å². The second kappa shape index (κ2) is 5.73. The molecule has 0 saturated heterocycles. The molecule has 3 saturated carbocycles. The first-order valence-corrected chi connectivity index (χ1v) is 10.4. The van der Waals surface area contributed by atoms with Crippen molar-refractivity contribution in [2.45, 2.75) is 78.2 Å². The smallest absolute Gasteiger partial charge is 0.0724 e. The van der Waals surface area contributed by atoms with Gasteiger partial charge in [0, 0.05) is 0 Å². The lowest BCUT2D eigenvalue weighted by Gasteiger charge is -2.59. The quantitative estimate of drug-likeness (QED) is 0.640. The predicted molar refractivity (Wildman–Crippen MR) is 101 cm³/mol. The Balaban J connectivity index is 1.63. The Morgan fingerprint density at radius 1 is 1.12 bits per heavy atom. The molecule has 1 N–H and O–H groups in total. The highest BCUT2D eigenvalue weighted by molar-refractivity contribution is 5.25. The summed E-state index contributed by atoms with van der Waals surface area (Å²) >= 11 is 0. The number of hydrogen-bond acceptors (Lipinski definition) is 1. The number of hydrogen-bond donors (Lipinski definition) is 1. The first kappa shape index (κ1) is 16.9. The van der Waals surface area contributed by atoms with Gasteiger partial charge in [-0.3, -0.25) is 0 Å². The Morgan fingerprint density at radius 3 is 2.67 bits per heavy atom. The van der Waals surface area contributed by atoms with Crippen LogP contribution in [-0.2, 0) is 0 Å². The summed E-state index contributed by atoms with van der Waals surface area (Å²) in [5, 5.41) is 10.1. The highest BCUT2D eigenvalue weighted by Gasteiger charge is 2.59. The van der Waals surface area contributed by atoms with Crippen molar-refractivity contribution in [2.75, 3.05) is 0 Å². The van der Waals surface area contributed by atoms with Crippen molar-refractivity contribution in [3.8, 4) is 0 Å². The van der Waals surface area contributed by atoms with Gasteiger partial charge in [-0.05, 0) is 91.8 Å². The maximum atomic E-state index is 10.1. The van der Waals surface area contributed by atoms with E-state index in [0.29, 0.717) is 16.7 Å². The zero-order valence-electron chi connectivity index (χ0n) is 15.9. The van der Waals surface area contributed by atoms with Gasteiger partial charge in [-0.2, -0.15) is 0 Å². The van der Waals surface area contributed by atoms with Crippen LogP contribution >= 0.6 is 0 Å². The van der Waals surface area contributed by atoms with Gasteiger partial charge in [0.2, 0.25) is 0 Å². The molecule has 0 amide bonds. The van der Waals surface area contributed by atoms with Gasteiger partial charge in [-0.1, -0.05) is 38.5 Å². The third-order valence-corrected chi connectivity index (χ3v) is 9.17. The highest BCUT2D eigenvalue weighted by Crippen LogP contribution is 2.67. The molecule has 0 aromatic carbocycles. The van der Waals surface area contributed by atoms with Crippen LogP contribution in [0.5, 0.6) is 0 Å². The van der Waals surface area contributed by atoms with Crippen molar-refractivity contribution in [3.63, 3.8) is 0 Å². The Labute approximate surface area is 148 Å². The zero-order valence-corrected chi connectivity index (χ0v) is 15.9. The Bertz CT molecular complexity index is 548. The van der Waals surface area contributed by atoms with Gasteiger partial charge in [-0.15, -0.1) is 6.58 Å². The van der Waals surface area contributed by atoms with E-state index in [9.17, 15) is 5.11 Å². The number of aliphatic hydroxyl groups is 1. The monoisotopic (exact) mass is 328 g/mol. The largest absolute Gasteiger partial charge is 0.389 e. The Hall–Kier alpha value is -0.560. The summed E-state index contributed by atoms with van der Waals surface area (Å²) in [5.74, 6) is 4.22. The summed E-state index contributed by atoms with van der Waals surface area (Å²) in [6.45, 7) is 11.6. The second-order valence-corrected chi connectivity index (χ2v) is 9.95. The summed E-state index contributed by atoms with van der Waals surface area (Å²) in [4.78, 5) is 0. The van der Waals surface area contributed by atoms with E-state index in [1.807, 2.05) is 0 Å². The van der Waals surface area contributed by atoms with E-state index in [0.717, 1.165) is 30.1 Å². The van der Waals surface area contributed by atoms with E-state index in [-0.39, 0.29) is 6.10 Å². The lowest BCUT2D eigenvalue weighted by atomic mass is 9.46. The average molecular weight is 329 g/mol. The molecule has 0 heterocycles. The minimum absolute atomic E-state index is 0.178. The van der Waals surface area contributed by atoms with Crippen LogP contribution in [0.3, 0.4) is 0 Å². The molecule has 5 unspecified atom stereocenters. The molecule has 1 heteroatoms. The van der Waals surface area contributed by atoms with Crippen molar-refractivity contribution < 1.29 is 5.11 Å².